The molecule has 0 saturated carbocycles. The summed E-state index contributed by atoms with van der Waals surface area (Å²) in [6.07, 6.45) is 2.56. The Balaban J connectivity index is 2.06. The maximum atomic E-state index is 11.5. The molecular formula is C9H12N5O5P. The van der Waals surface area contributed by atoms with Crippen LogP contribution in [0.25, 0.3) is 11.2 Å². The Morgan fingerprint density at radius 1 is 1.55 bits per heavy atom. The fourth-order valence-electron chi connectivity index (χ4n) is 1.46. The third-order valence-electron chi connectivity index (χ3n) is 2.24. The van der Waals surface area contributed by atoms with Crippen molar-refractivity contribution >= 4 is 24.7 Å². The van der Waals surface area contributed by atoms with E-state index >= 15 is 0 Å². The lowest BCUT2D eigenvalue weighted by molar-refractivity contribution is 0.103. The van der Waals surface area contributed by atoms with Crippen LogP contribution in [0.15, 0.2) is 23.0 Å². The summed E-state index contributed by atoms with van der Waals surface area (Å²) >= 11 is 0. The number of imidazole rings is 1. The number of anilines is 1. The predicted molar refractivity (Wildman–Crippen MR) is 69.7 cm³/mol. The Hall–Kier alpha value is -2.00. The molecule has 20 heavy (non-hydrogen) atoms. The smallest absolute Gasteiger partial charge is 0.348 e. The zero-order valence-electron chi connectivity index (χ0n) is 10.1. The summed E-state index contributed by atoms with van der Waals surface area (Å²) in [7, 11) is -4.17. The van der Waals surface area contributed by atoms with Gasteiger partial charge in [0.1, 0.15) is 6.73 Å². The van der Waals surface area contributed by atoms with Gasteiger partial charge in [-0.3, -0.25) is 18.9 Å². The van der Waals surface area contributed by atoms with E-state index in [0.717, 1.165) is 5.82 Å². The molecule has 108 valence electrons. The van der Waals surface area contributed by atoms with Crippen molar-refractivity contribution in [2.24, 2.45) is 0 Å². The van der Waals surface area contributed by atoms with Gasteiger partial charge in [-0.1, -0.05) is 6.08 Å². The monoisotopic (exact) mass is 301 g/mol. The molecule has 0 unspecified atom stereocenters. The summed E-state index contributed by atoms with van der Waals surface area (Å²) in [5, 5.41) is 0. The highest BCUT2D eigenvalue weighted by Crippen LogP contribution is 2.35. The third-order valence-corrected chi connectivity index (χ3v) is 2.84. The Morgan fingerprint density at radius 2 is 2.30 bits per heavy atom. The molecule has 5 N–H and O–H groups in total. The van der Waals surface area contributed by atoms with Crippen molar-refractivity contribution < 1.29 is 19.1 Å². The number of rotatable bonds is 5. The van der Waals surface area contributed by atoms with E-state index < -0.39 is 13.2 Å². The van der Waals surface area contributed by atoms with Crippen LogP contribution in [-0.2, 0) is 16.0 Å². The second-order valence-corrected chi connectivity index (χ2v) is 5.29. The first kappa shape index (κ1) is 14.4. The molecule has 0 bridgehead atoms. The standard InChI is InChI=1S/C9H12N5O5P/c10-9-12-7-6(8(15)13-9)11-4-14(7)5-19-2-1-3-20(16,17)18/h1,3-4H,2,5H2,(H2,16,17,18)(H3,10,12,13,15)/b3-1-. The average Bonchev–Trinajstić information content (AvgIpc) is 2.70. The van der Waals surface area contributed by atoms with E-state index in [-0.39, 0.29) is 30.4 Å². The molecule has 0 aliphatic carbocycles. The average molecular weight is 301 g/mol. The number of nitrogens with two attached hydrogens (primary N) is 1. The normalized spacial score (nSPS) is 12.5. The van der Waals surface area contributed by atoms with Crippen molar-refractivity contribution in [3.8, 4) is 0 Å². The van der Waals surface area contributed by atoms with Crippen LogP contribution in [0.2, 0.25) is 0 Å². The summed E-state index contributed by atoms with van der Waals surface area (Å²) in [6.45, 7) is 0.00134. The van der Waals surface area contributed by atoms with Gasteiger partial charge in [0.05, 0.1) is 12.9 Å². The topological polar surface area (TPSA) is 156 Å². The van der Waals surface area contributed by atoms with Crippen molar-refractivity contribution in [3.05, 3.63) is 28.6 Å². The molecule has 2 aromatic rings. The fourth-order valence-corrected chi connectivity index (χ4v) is 1.83. The largest absolute Gasteiger partial charge is 0.369 e. The number of hydrogen-bond donors (Lipinski definition) is 4. The summed E-state index contributed by atoms with van der Waals surface area (Å²) in [5.74, 6) is 0.714. The number of fused-ring (bicyclic) bond motifs is 1. The molecule has 2 rings (SSSR count). The predicted octanol–water partition coefficient (Wildman–Crippen LogP) is -0.633. The zero-order chi connectivity index (χ0) is 14.8. The highest BCUT2D eigenvalue weighted by molar-refractivity contribution is 7.55. The van der Waals surface area contributed by atoms with Crippen LogP contribution < -0.4 is 11.3 Å². The highest BCUT2D eigenvalue weighted by atomic mass is 31.2. The first-order chi connectivity index (χ1) is 9.37. The molecule has 0 spiro atoms. The number of nitrogen functional groups attached to an aromatic ring is 1. The molecule has 2 heterocycles. The van der Waals surface area contributed by atoms with E-state index in [1.807, 2.05) is 0 Å². The maximum Gasteiger partial charge on any atom is 0.348 e. The van der Waals surface area contributed by atoms with E-state index in [9.17, 15) is 9.36 Å². The quantitative estimate of drug-likeness (QED) is 0.420. The van der Waals surface area contributed by atoms with Crippen molar-refractivity contribution in [1.82, 2.24) is 19.5 Å². The molecule has 0 saturated heterocycles. The Bertz CT molecular complexity index is 745. The molecule has 0 fully saturated rings. The molecule has 0 atom stereocenters. The number of aromatic nitrogens is 4. The van der Waals surface area contributed by atoms with Gasteiger partial charge in [0.25, 0.3) is 5.56 Å². The Morgan fingerprint density at radius 3 is 3.00 bits per heavy atom. The van der Waals surface area contributed by atoms with Crippen LogP contribution in [0.3, 0.4) is 0 Å². The van der Waals surface area contributed by atoms with Crippen LogP contribution in [0, 0.1) is 0 Å². The lowest BCUT2D eigenvalue weighted by atomic mass is 10.5. The van der Waals surface area contributed by atoms with Gasteiger partial charge in [0.15, 0.2) is 11.2 Å². The molecule has 0 aliphatic heterocycles. The summed E-state index contributed by atoms with van der Waals surface area (Å²) in [4.78, 5) is 38.8. The zero-order valence-corrected chi connectivity index (χ0v) is 11.0. The van der Waals surface area contributed by atoms with E-state index in [0.29, 0.717) is 0 Å². The van der Waals surface area contributed by atoms with E-state index in [1.165, 1.54) is 17.0 Å². The molecule has 0 aromatic carbocycles. The van der Waals surface area contributed by atoms with Crippen LogP contribution in [-0.4, -0.2) is 35.9 Å². The first-order valence-corrected chi connectivity index (χ1v) is 7.06. The highest BCUT2D eigenvalue weighted by Gasteiger charge is 2.09. The molecular weight excluding hydrogens is 289 g/mol. The number of hydrogen-bond acceptors (Lipinski definition) is 6. The van der Waals surface area contributed by atoms with Gasteiger partial charge in [-0.05, 0) is 0 Å². The van der Waals surface area contributed by atoms with Crippen molar-refractivity contribution in [2.75, 3.05) is 12.3 Å². The number of ether oxygens (including phenoxy) is 1. The lowest BCUT2D eigenvalue weighted by Gasteiger charge is -2.03. The summed E-state index contributed by atoms with van der Waals surface area (Å²) in [5.41, 5.74) is 5.38. The number of aromatic amines is 1. The molecule has 11 heteroatoms. The molecule has 2 aromatic heterocycles. The minimum Gasteiger partial charge on any atom is -0.369 e. The van der Waals surface area contributed by atoms with E-state index in [1.54, 1.807) is 0 Å². The first-order valence-electron chi connectivity index (χ1n) is 5.38. The second-order valence-electron chi connectivity index (χ2n) is 3.81. The van der Waals surface area contributed by atoms with E-state index in [2.05, 4.69) is 15.0 Å². The minimum absolute atomic E-state index is 0.0105. The van der Waals surface area contributed by atoms with Crippen molar-refractivity contribution in [3.63, 3.8) is 0 Å². The molecule has 0 aliphatic rings. The molecule has 0 radical (unpaired) electrons. The second kappa shape index (κ2) is 5.55. The Labute approximate surface area is 112 Å². The number of nitrogens with one attached hydrogen (secondary N) is 1. The van der Waals surface area contributed by atoms with Gasteiger partial charge in [0.2, 0.25) is 5.95 Å². The summed E-state index contributed by atoms with van der Waals surface area (Å²) in [6, 6.07) is 0. The van der Waals surface area contributed by atoms with Gasteiger partial charge < -0.3 is 20.3 Å². The minimum atomic E-state index is -4.17. The van der Waals surface area contributed by atoms with E-state index in [4.69, 9.17) is 20.3 Å². The Kier molecular flexibility index (Phi) is 4.00. The fraction of sp³-hybridized carbons (Fsp3) is 0.222. The van der Waals surface area contributed by atoms with Gasteiger partial charge >= 0.3 is 7.60 Å². The lowest BCUT2D eigenvalue weighted by Crippen LogP contribution is -2.12. The molecule has 0 amide bonds. The van der Waals surface area contributed by atoms with Gasteiger partial charge in [-0.2, -0.15) is 4.98 Å². The maximum absolute atomic E-state index is 11.5. The van der Waals surface area contributed by atoms with Crippen LogP contribution in [0.1, 0.15) is 0 Å². The van der Waals surface area contributed by atoms with Gasteiger partial charge in [0, 0.05) is 5.82 Å². The van der Waals surface area contributed by atoms with Crippen molar-refractivity contribution in [1.29, 1.82) is 0 Å². The SMILES string of the molecule is Nc1nc2c(ncn2COC/C=C\P(=O)(O)O)c(=O)[nH]1. The molecule has 10 nitrogen and oxygen atoms in total. The number of nitrogens with zero attached hydrogens (tertiary/aromatic N) is 3. The third kappa shape index (κ3) is 3.52. The van der Waals surface area contributed by atoms with Crippen molar-refractivity contribution in [2.45, 2.75) is 6.73 Å². The van der Waals surface area contributed by atoms with Gasteiger partial charge in [-0.15, -0.1) is 0 Å². The van der Waals surface area contributed by atoms with Crippen LogP contribution >= 0.6 is 7.60 Å². The summed E-state index contributed by atoms with van der Waals surface area (Å²) < 4.78 is 17.2. The van der Waals surface area contributed by atoms with Crippen LogP contribution in [0.4, 0.5) is 5.95 Å². The van der Waals surface area contributed by atoms with Gasteiger partial charge in [-0.25, -0.2) is 4.98 Å². The van der Waals surface area contributed by atoms with Crippen LogP contribution in [0.5, 0.6) is 0 Å². The number of H-pyrrole nitrogens is 1.